The van der Waals surface area contributed by atoms with Crippen molar-refractivity contribution in [2.45, 2.75) is 30.2 Å². The van der Waals surface area contributed by atoms with Gasteiger partial charge in [-0.2, -0.15) is 18.2 Å². The average Bonchev–Trinajstić information content (AvgIpc) is 3.00. The van der Waals surface area contributed by atoms with Gasteiger partial charge in [0.25, 0.3) is 11.3 Å². The number of aromatic amines is 1. The number of fused-ring (bicyclic) bond motifs is 1. The summed E-state index contributed by atoms with van der Waals surface area (Å²) in [5.41, 5.74) is -0.115. The minimum atomic E-state index is -5.25. The Morgan fingerprint density at radius 3 is 2.67 bits per heavy atom. The molecule has 0 aromatic carbocycles. The number of nitrogen functional groups attached to an aromatic ring is 1. The van der Waals surface area contributed by atoms with Crippen LogP contribution in [0.1, 0.15) is 0 Å². The largest absolute Gasteiger partial charge is 0.440 e. The molecule has 0 saturated carbocycles. The van der Waals surface area contributed by atoms with Gasteiger partial charge in [-0.25, -0.2) is 4.98 Å². The fourth-order valence-corrected chi connectivity index (χ4v) is 2.69. The van der Waals surface area contributed by atoms with Crippen LogP contribution < -0.4 is 11.3 Å². The molecule has 132 valence electrons. The third-order valence-electron chi connectivity index (χ3n) is 3.81. The molecule has 0 aliphatic carbocycles. The summed E-state index contributed by atoms with van der Waals surface area (Å²) in [5, 5.41) is 28.8. The standard InChI is InChI=1S/C11H12F3N5O5/c12-11(13,14)10(6(22)5(21)3(1-20)24-10)19-2-16-4-7(19)17-9(15)18-8(4)23/h2-3,5-6,20-22H,1H2,(H3,15,17,18,23)/t3-,5-,6-,10+/m1/s1. The van der Waals surface area contributed by atoms with Crippen molar-refractivity contribution < 1.29 is 33.2 Å². The number of hydrogen-bond acceptors (Lipinski definition) is 8. The number of ether oxygens (including phenoxy) is 1. The second kappa shape index (κ2) is 5.14. The quantitative estimate of drug-likeness (QED) is 0.416. The number of imidazole rings is 1. The van der Waals surface area contributed by atoms with Crippen LogP contribution in [0.3, 0.4) is 0 Å². The molecule has 13 heteroatoms. The first kappa shape index (κ1) is 16.6. The molecule has 4 atom stereocenters. The highest BCUT2D eigenvalue weighted by Crippen LogP contribution is 2.48. The highest BCUT2D eigenvalue weighted by Gasteiger charge is 2.70. The number of nitrogens with two attached hydrogens (primary N) is 1. The van der Waals surface area contributed by atoms with Gasteiger partial charge in [-0.05, 0) is 0 Å². The van der Waals surface area contributed by atoms with Crippen LogP contribution in [0.25, 0.3) is 11.2 Å². The predicted octanol–water partition coefficient (Wildman–Crippen LogP) is -1.97. The van der Waals surface area contributed by atoms with E-state index in [0.717, 1.165) is 0 Å². The summed E-state index contributed by atoms with van der Waals surface area (Å²) in [5.74, 6) is -0.474. The summed E-state index contributed by atoms with van der Waals surface area (Å²) in [6, 6.07) is 0. The molecule has 0 unspecified atom stereocenters. The number of nitrogens with one attached hydrogen (secondary N) is 1. The summed E-state index contributed by atoms with van der Waals surface area (Å²) < 4.78 is 46.4. The fourth-order valence-electron chi connectivity index (χ4n) is 2.69. The Morgan fingerprint density at radius 1 is 1.46 bits per heavy atom. The zero-order chi connectivity index (χ0) is 17.9. The first-order valence-electron chi connectivity index (χ1n) is 6.58. The Bertz CT molecular complexity index is 836. The van der Waals surface area contributed by atoms with Crippen LogP contribution in [0.4, 0.5) is 19.1 Å². The molecule has 6 N–H and O–H groups in total. The van der Waals surface area contributed by atoms with Crippen molar-refractivity contribution in [3.63, 3.8) is 0 Å². The van der Waals surface area contributed by atoms with Gasteiger partial charge in [0, 0.05) is 0 Å². The Labute approximate surface area is 130 Å². The van der Waals surface area contributed by atoms with Crippen molar-refractivity contribution in [1.82, 2.24) is 19.5 Å². The molecule has 1 fully saturated rings. The maximum absolute atomic E-state index is 13.8. The summed E-state index contributed by atoms with van der Waals surface area (Å²) in [6.45, 7) is -0.973. The Balaban J connectivity index is 2.32. The normalized spacial score (nSPS) is 31.0. The first-order chi connectivity index (χ1) is 11.1. The lowest BCUT2D eigenvalue weighted by Gasteiger charge is -2.35. The van der Waals surface area contributed by atoms with E-state index in [1.54, 1.807) is 0 Å². The summed E-state index contributed by atoms with van der Waals surface area (Å²) in [6.07, 6.45) is -10.9. The second-order valence-corrected chi connectivity index (χ2v) is 5.21. The molecule has 0 amide bonds. The third-order valence-corrected chi connectivity index (χ3v) is 3.81. The van der Waals surface area contributed by atoms with Gasteiger partial charge in [-0.15, -0.1) is 0 Å². The lowest BCUT2D eigenvalue weighted by Crippen LogP contribution is -2.56. The van der Waals surface area contributed by atoms with Crippen LogP contribution in [0, 0.1) is 0 Å². The third kappa shape index (κ3) is 2.02. The van der Waals surface area contributed by atoms with Gasteiger partial charge in [0.15, 0.2) is 11.2 Å². The Hall–Kier alpha value is -2.22. The van der Waals surface area contributed by atoms with Gasteiger partial charge >= 0.3 is 6.18 Å². The van der Waals surface area contributed by atoms with E-state index in [-0.39, 0.29) is 4.57 Å². The van der Waals surface area contributed by atoms with Crippen LogP contribution in [0.15, 0.2) is 11.1 Å². The molecular weight excluding hydrogens is 339 g/mol. The van der Waals surface area contributed by atoms with Crippen molar-refractivity contribution in [3.8, 4) is 0 Å². The van der Waals surface area contributed by atoms with Crippen LogP contribution in [-0.2, 0) is 10.5 Å². The lowest BCUT2D eigenvalue weighted by atomic mass is 10.0. The number of aromatic nitrogens is 4. The molecule has 0 radical (unpaired) electrons. The zero-order valence-electron chi connectivity index (χ0n) is 11.7. The van der Waals surface area contributed by atoms with E-state index in [2.05, 4.69) is 15.0 Å². The van der Waals surface area contributed by atoms with E-state index in [9.17, 15) is 28.2 Å². The molecule has 10 nitrogen and oxygen atoms in total. The highest BCUT2D eigenvalue weighted by molar-refractivity contribution is 5.71. The van der Waals surface area contributed by atoms with Gasteiger partial charge in [-0.3, -0.25) is 14.3 Å². The number of rotatable bonds is 2. The van der Waals surface area contributed by atoms with E-state index in [1.165, 1.54) is 0 Å². The van der Waals surface area contributed by atoms with Crippen molar-refractivity contribution >= 4 is 17.1 Å². The van der Waals surface area contributed by atoms with E-state index < -0.39 is 59.5 Å². The number of anilines is 1. The van der Waals surface area contributed by atoms with Crippen LogP contribution in [-0.4, -0.2) is 65.9 Å². The van der Waals surface area contributed by atoms with Gasteiger partial charge < -0.3 is 25.8 Å². The van der Waals surface area contributed by atoms with Gasteiger partial charge in [0.1, 0.15) is 24.6 Å². The molecule has 1 aliphatic rings. The van der Waals surface area contributed by atoms with Gasteiger partial charge in [0.2, 0.25) is 5.95 Å². The molecule has 3 rings (SSSR count). The number of H-pyrrole nitrogens is 1. The predicted molar refractivity (Wildman–Crippen MR) is 70.6 cm³/mol. The molecule has 24 heavy (non-hydrogen) atoms. The summed E-state index contributed by atoms with van der Waals surface area (Å²) >= 11 is 0. The number of hydrogen-bond donors (Lipinski definition) is 5. The number of alkyl halides is 3. The van der Waals surface area contributed by atoms with Crippen molar-refractivity contribution in [2.24, 2.45) is 0 Å². The molecule has 1 aliphatic heterocycles. The van der Waals surface area contributed by atoms with Crippen LogP contribution >= 0.6 is 0 Å². The summed E-state index contributed by atoms with van der Waals surface area (Å²) in [4.78, 5) is 20.9. The Kier molecular flexibility index (Phi) is 3.56. The minimum Gasteiger partial charge on any atom is -0.394 e. The maximum Gasteiger partial charge on any atom is 0.440 e. The fraction of sp³-hybridized carbons (Fsp3) is 0.545. The molecule has 2 aromatic heterocycles. The van der Waals surface area contributed by atoms with E-state index in [1.807, 2.05) is 0 Å². The monoisotopic (exact) mass is 351 g/mol. The molecule has 3 heterocycles. The second-order valence-electron chi connectivity index (χ2n) is 5.21. The number of nitrogens with zero attached hydrogens (tertiary/aromatic N) is 3. The molecular formula is C11H12F3N5O5. The summed E-state index contributed by atoms with van der Waals surface area (Å²) in [7, 11) is 0. The Morgan fingerprint density at radius 2 is 2.12 bits per heavy atom. The number of aliphatic hydroxyl groups excluding tert-OH is 3. The lowest BCUT2D eigenvalue weighted by molar-refractivity contribution is -0.330. The molecule has 1 saturated heterocycles. The van der Waals surface area contributed by atoms with E-state index >= 15 is 0 Å². The first-order valence-corrected chi connectivity index (χ1v) is 6.58. The van der Waals surface area contributed by atoms with Crippen molar-refractivity contribution in [2.75, 3.05) is 12.3 Å². The zero-order valence-corrected chi connectivity index (χ0v) is 11.7. The molecule has 2 aromatic rings. The van der Waals surface area contributed by atoms with E-state index in [0.29, 0.717) is 6.33 Å². The topological polar surface area (TPSA) is 160 Å². The van der Waals surface area contributed by atoms with Gasteiger partial charge in [-0.1, -0.05) is 0 Å². The highest BCUT2D eigenvalue weighted by atomic mass is 19.4. The smallest absolute Gasteiger partial charge is 0.394 e. The molecule has 0 bridgehead atoms. The average molecular weight is 351 g/mol. The SMILES string of the molecule is Nc1nc2c(ncn2[C@]2(C(F)(F)F)O[C@H](CO)[C@@H](O)[C@H]2O)c(=O)[nH]1. The van der Waals surface area contributed by atoms with Crippen LogP contribution in [0.5, 0.6) is 0 Å². The minimum absolute atomic E-state index is 0.275. The van der Waals surface area contributed by atoms with E-state index in [4.69, 9.17) is 15.6 Å². The van der Waals surface area contributed by atoms with Crippen molar-refractivity contribution in [1.29, 1.82) is 0 Å². The number of halogens is 3. The number of aliphatic hydroxyl groups is 3. The molecule has 0 spiro atoms. The van der Waals surface area contributed by atoms with Crippen molar-refractivity contribution in [3.05, 3.63) is 16.7 Å². The maximum atomic E-state index is 13.8. The van der Waals surface area contributed by atoms with Gasteiger partial charge in [0.05, 0.1) is 6.61 Å². The van der Waals surface area contributed by atoms with Crippen LogP contribution in [0.2, 0.25) is 0 Å².